The van der Waals surface area contributed by atoms with Crippen molar-refractivity contribution < 1.29 is 9.53 Å². The zero-order valence-electron chi connectivity index (χ0n) is 17.1. The summed E-state index contributed by atoms with van der Waals surface area (Å²) in [6.45, 7) is 14.9. The van der Waals surface area contributed by atoms with E-state index in [1.54, 1.807) is 0 Å². The van der Waals surface area contributed by atoms with Gasteiger partial charge in [-0.15, -0.1) is 0 Å². The third kappa shape index (κ3) is 5.17. The smallest absolute Gasteiger partial charge is 0.186 e. The molecule has 2 rings (SSSR count). The molecule has 0 amide bonds. The normalized spacial score (nSPS) is 13.2. The van der Waals surface area contributed by atoms with Crippen molar-refractivity contribution in [1.29, 1.82) is 0 Å². The average Bonchev–Trinajstić information content (AvgIpc) is 2.55. The molecule has 0 fully saturated rings. The number of rotatable bonds is 6. The van der Waals surface area contributed by atoms with Crippen LogP contribution >= 0.6 is 8.58 Å². The van der Waals surface area contributed by atoms with Crippen LogP contribution in [0.25, 0.3) is 0 Å². The van der Waals surface area contributed by atoms with Crippen LogP contribution in [0.2, 0.25) is 0 Å². The second-order valence-corrected chi connectivity index (χ2v) is 9.33. The molecular formula is C23H31O2P. The Bertz CT molecular complexity index is 747. The molecule has 0 heterocycles. The Hall–Kier alpha value is -1.66. The standard InChI is InChI=1S/C23H31O2P/c1-8-17(4)25-19-9-11-20(12-10-19)26-22(24)21-15(2)13-18(14-16(21)3)23(5,6)7/h9-14,17,26H,8H2,1-7H3. The fourth-order valence-electron chi connectivity index (χ4n) is 2.88. The first-order valence-electron chi connectivity index (χ1n) is 9.31. The molecule has 2 nitrogen and oxygen atoms in total. The number of carbonyl (C=O) groups excluding carboxylic acids is 1. The number of hydrogen-bond donors (Lipinski definition) is 0. The van der Waals surface area contributed by atoms with Crippen molar-refractivity contribution in [2.45, 2.75) is 66.4 Å². The largest absolute Gasteiger partial charge is 0.491 e. The minimum Gasteiger partial charge on any atom is -0.491 e. The van der Waals surface area contributed by atoms with E-state index in [9.17, 15) is 4.79 Å². The topological polar surface area (TPSA) is 26.3 Å². The Morgan fingerprint density at radius 1 is 1.08 bits per heavy atom. The zero-order valence-corrected chi connectivity index (χ0v) is 18.1. The van der Waals surface area contributed by atoms with Gasteiger partial charge in [0.2, 0.25) is 0 Å². The van der Waals surface area contributed by atoms with E-state index in [2.05, 4.69) is 46.8 Å². The van der Waals surface area contributed by atoms with E-state index in [1.807, 2.05) is 38.1 Å². The van der Waals surface area contributed by atoms with Gasteiger partial charge in [0, 0.05) is 5.56 Å². The number of carbonyl (C=O) groups is 1. The van der Waals surface area contributed by atoms with Crippen LogP contribution in [0.3, 0.4) is 0 Å². The van der Waals surface area contributed by atoms with Crippen molar-refractivity contribution >= 4 is 19.4 Å². The molecule has 2 atom stereocenters. The van der Waals surface area contributed by atoms with Gasteiger partial charge in [0.25, 0.3) is 0 Å². The second-order valence-electron chi connectivity index (χ2n) is 8.05. The summed E-state index contributed by atoms with van der Waals surface area (Å²) in [7, 11) is 0.130. The molecule has 0 aliphatic rings. The first-order chi connectivity index (χ1) is 12.1. The van der Waals surface area contributed by atoms with Gasteiger partial charge in [0.05, 0.1) is 6.10 Å². The van der Waals surface area contributed by atoms with Gasteiger partial charge < -0.3 is 4.74 Å². The molecule has 0 aliphatic carbocycles. The van der Waals surface area contributed by atoms with Crippen LogP contribution in [0.5, 0.6) is 5.75 Å². The van der Waals surface area contributed by atoms with Crippen LogP contribution in [0.4, 0.5) is 0 Å². The maximum Gasteiger partial charge on any atom is 0.186 e. The summed E-state index contributed by atoms with van der Waals surface area (Å²) in [6.07, 6.45) is 1.18. The SMILES string of the molecule is CCC(C)Oc1ccc(PC(=O)c2c(C)cc(C(C)(C)C)cc2C)cc1. The molecule has 0 N–H and O–H groups in total. The highest BCUT2D eigenvalue weighted by molar-refractivity contribution is 7.66. The summed E-state index contributed by atoms with van der Waals surface area (Å²) >= 11 is 0. The molecule has 140 valence electrons. The minimum atomic E-state index is 0.0881. The van der Waals surface area contributed by atoms with E-state index in [0.717, 1.165) is 34.2 Å². The highest BCUT2D eigenvalue weighted by Crippen LogP contribution is 2.30. The highest BCUT2D eigenvalue weighted by atomic mass is 31.1. The maximum absolute atomic E-state index is 12.9. The predicted molar refractivity (Wildman–Crippen MR) is 114 cm³/mol. The summed E-state index contributed by atoms with van der Waals surface area (Å²) in [5.74, 6) is 0.863. The van der Waals surface area contributed by atoms with Crippen LogP contribution in [-0.4, -0.2) is 11.6 Å². The van der Waals surface area contributed by atoms with Gasteiger partial charge in [-0.3, -0.25) is 4.79 Å². The van der Waals surface area contributed by atoms with E-state index < -0.39 is 0 Å². The van der Waals surface area contributed by atoms with E-state index in [0.29, 0.717) is 0 Å². The lowest BCUT2D eigenvalue weighted by Gasteiger charge is -2.22. The molecule has 0 aromatic heterocycles. The Morgan fingerprint density at radius 2 is 1.62 bits per heavy atom. The molecule has 0 radical (unpaired) electrons. The number of benzene rings is 2. The van der Waals surface area contributed by atoms with Gasteiger partial charge in [-0.05, 0) is 75.3 Å². The third-order valence-corrected chi connectivity index (χ3v) is 5.75. The van der Waals surface area contributed by atoms with E-state index in [-0.39, 0.29) is 25.6 Å². The van der Waals surface area contributed by atoms with E-state index >= 15 is 0 Å². The fourth-order valence-corrected chi connectivity index (χ4v) is 4.00. The summed E-state index contributed by atoms with van der Waals surface area (Å²) in [6, 6.07) is 12.3. The Kier molecular flexibility index (Phi) is 6.64. The highest BCUT2D eigenvalue weighted by Gasteiger charge is 2.19. The molecule has 26 heavy (non-hydrogen) atoms. The minimum absolute atomic E-state index is 0.0881. The molecule has 0 saturated carbocycles. The molecular weight excluding hydrogens is 339 g/mol. The predicted octanol–water partition coefficient (Wildman–Crippen LogP) is 5.92. The van der Waals surface area contributed by atoms with Crippen LogP contribution in [0, 0.1) is 13.8 Å². The average molecular weight is 370 g/mol. The van der Waals surface area contributed by atoms with Gasteiger partial charge in [0.1, 0.15) is 5.75 Å². The van der Waals surface area contributed by atoms with Gasteiger partial charge >= 0.3 is 0 Å². The molecule has 3 heteroatoms. The van der Waals surface area contributed by atoms with Crippen molar-refractivity contribution in [2.75, 3.05) is 0 Å². The monoisotopic (exact) mass is 370 g/mol. The summed E-state index contributed by atoms with van der Waals surface area (Å²) in [5.41, 5.74) is 4.59. The molecule has 0 saturated heterocycles. The van der Waals surface area contributed by atoms with Crippen molar-refractivity contribution in [3.05, 3.63) is 58.7 Å². The second kappa shape index (κ2) is 8.35. The zero-order chi connectivity index (χ0) is 19.5. The van der Waals surface area contributed by atoms with Crippen molar-refractivity contribution in [3.8, 4) is 5.75 Å². The lowest BCUT2D eigenvalue weighted by molar-refractivity contribution is 0.108. The third-order valence-electron chi connectivity index (χ3n) is 4.65. The molecule has 2 aromatic rings. The van der Waals surface area contributed by atoms with Gasteiger partial charge in [-0.1, -0.05) is 52.0 Å². The van der Waals surface area contributed by atoms with Crippen LogP contribution in [-0.2, 0) is 5.41 Å². The number of hydrogen-bond acceptors (Lipinski definition) is 2. The van der Waals surface area contributed by atoms with Crippen molar-refractivity contribution in [3.63, 3.8) is 0 Å². The van der Waals surface area contributed by atoms with Crippen molar-refractivity contribution in [2.24, 2.45) is 0 Å². The lowest BCUT2D eigenvalue weighted by Crippen LogP contribution is -2.14. The van der Waals surface area contributed by atoms with E-state index in [4.69, 9.17) is 4.74 Å². The Labute approximate surface area is 160 Å². The summed E-state index contributed by atoms with van der Waals surface area (Å²) in [4.78, 5) is 12.9. The van der Waals surface area contributed by atoms with Crippen LogP contribution < -0.4 is 10.0 Å². The van der Waals surface area contributed by atoms with E-state index in [1.165, 1.54) is 5.56 Å². The summed E-state index contributed by atoms with van der Waals surface area (Å²) in [5, 5.41) is 1.05. The lowest BCUT2D eigenvalue weighted by atomic mass is 9.84. The molecule has 2 unspecified atom stereocenters. The van der Waals surface area contributed by atoms with Gasteiger partial charge in [-0.25, -0.2) is 0 Å². The number of ether oxygens (including phenoxy) is 1. The quantitative estimate of drug-likeness (QED) is 0.590. The Balaban J connectivity index is 2.17. The molecule has 2 aromatic carbocycles. The number of aryl methyl sites for hydroxylation is 2. The molecule has 0 aliphatic heterocycles. The first kappa shape index (κ1) is 20.6. The maximum atomic E-state index is 12.9. The Morgan fingerprint density at radius 3 is 2.08 bits per heavy atom. The summed E-state index contributed by atoms with van der Waals surface area (Å²) < 4.78 is 5.81. The van der Waals surface area contributed by atoms with Crippen molar-refractivity contribution in [1.82, 2.24) is 0 Å². The molecule has 0 spiro atoms. The van der Waals surface area contributed by atoms with Gasteiger partial charge in [-0.2, -0.15) is 0 Å². The van der Waals surface area contributed by atoms with Gasteiger partial charge in [0.15, 0.2) is 5.52 Å². The molecule has 0 bridgehead atoms. The fraction of sp³-hybridized carbons (Fsp3) is 0.435. The van der Waals surface area contributed by atoms with Crippen LogP contribution in [0.1, 0.15) is 68.1 Å². The first-order valence-corrected chi connectivity index (χ1v) is 10.3. The van der Waals surface area contributed by atoms with Crippen LogP contribution in [0.15, 0.2) is 36.4 Å².